The topological polar surface area (TPSA) is 112 Å². The number of amides is 1. The van der Waals surface area contributed by atoms with Gasteiger partial charge in [0.2, 0.25) is 5.91 Å². The van der Waals surface area contributed by atoms with E-state index in [1.165, 1.54) is 17.8 Å². The van der Waals surface area contributed by atoms with Crippen LogP contribution in [0.3, 0.4) is 0 Å². The molecule has 0 saturated heterocycles. The van der Waals surface area contributed by atoms with Gasteiger partial charge in [-0.25, -0.2) is 0 Å². The van der Waals surface area contributed by atoms with Crippen molar-refractivity contribution in [1.82, 2.24) is 0 Å². The van der Waals surface area contributed by atoms with Crippen LogP contribution in [0.25, 0.3) is 0 Å². The van der Waals surface area contributed by atoms with Crippen molar-refractivity contribution < 1.29 is 9.72 Å². The van der Waals surface area contributed by atoms with Crippen LogP contribution in [0, 0.1) is 10.1 Å². The second-order valence-corrected chi connectivity index (χ2v) is 6.42. The predicted molar refractivity (Wildman–Crippen MR) is 77.3 cm³/mol. The van der Waals surface area contributed by atoms with E-state index in [0.717, 1.165) is 12.8 Å². The summed E-state index contributed by atoms with van der Waals surface area (Å²) in [5.41, 5.74) is 10.5. The third-order valence-corrected chi connectivity index (χ3v) is 4.92. The minimum atomic E-state index is -0.987. The first-order chi connectivity index (χ1) is 9.42. The fraction of sp³-hybridized carbons (Fsp3) is 0.462. The van der Waals surface area contributed by atoms with E-state index in [0.29, 0.717) is 17.7 Å². The fourth-order valence-corrected chi connectivity index (χ4v) is 3.91. The molecule has 0 radical (unpaired) electrons. The highest BCUT2D eigenvalue weighted by Crippen LogP contribution is 2.40. The van der Waals surface area contributed by atoms with Crippen LogP contribution >= 0.6 is 11.8 Å². The SMILES string of the molecule is NC(=O)C1(N)CCCC(Sc2ccccc2[N+](=O)[O-])C1. The molecule has 1 saturated carbocycles. The molecule has 0 bridgehead atoms. The lowest BCUT2D eigenvalue weighted by Crippen LogP contribution is -2.55. The number of hydrogen-bond acceptors (Lipinski definition) is 5. The van der Waals surface area contributed by atoms with Gasteiger partial charge >= 0.3 is 0 Å². The van der Waals surface area contributed by atoms with Crippen molar-refractivity contribution in [3.63, 3.8) is 0 Å². The first-order valence-electron chi connectivity index (χ1n) is 6.41. The van der Waals surface area contributed by atoms with E-state index < -0.39 is 16.4 Å². The summed E-state index contributed by atoms with van der Waals surface area (Å²) < 4.78 is 0. The number of nitro benzene ring substituents is 1. The molecule has 0 heterocycles. The molecule has 2 rings (SSSR count). The van der Waals surface area contributed by atoms with Crippen LogP contribution in [0.4, 0.5) is 5.69 Å². The van der Waals surface area contributed by atoms with Crippen LogP contribution < -0.4 is 11.5 Å². The number of nitro groups is 1. The molecule has 0 spiro atoms. The molecule has 108 valence electrons. The van der Waals surface area contributed by atoms with E-state index in [9.17, 15) is 14.9 Å². The summed E-state index contributed by atoms with van der Waals surface area (Å²) in [4.78, 5) is 22.6. The van der Waals surface area contributed by atoms with Gasteiger partial charge in [-0.05, 0) is 31.7 Å². The lowest BCUT2D eigenvalue weighted by atomic mass is 9.82. The summed E-state index contributed by atoms with van der Waals surface area (Å²) in [6, 6.07) is 6.61. The molecule has 0 aromatic heterocycles. The lowest BCUT2D eigenvalue weighted by molar-refractivity contribution is -0.387. The molecule has 2 atom stereocenters. The number of rotatable bonds is 4. The van der Waals surface area contributed by atoms with E-state index in [2.05, 4.69) is 0 Å². The van der Waals surface area contributed by atoms with Crippen molar-refractivity contribution in [3.05, 3.63) is 34.4 Å². The van der Waals surface area contributed by atoms with Crippen molar-refractivity contribution in [2.24, 2.45) is 11.5 Å². The molecule has 20 heavy (non-hydrogen) atoms. The number of para-hydroxylation sites is 1. The average molecular weight is 295 g/mol. The van der Waals surface area contributed by atoms with Crippen LogP contribution in [0.5, 0.6) is 0 Å². The number of hydrogen-bond donors (Lipinski definition) is 2. The van der Waals surface area contributed by atoms with Crippen molar-refractivity contribution in [1.29, 1.82) is 0 Å². The maximum Gasteiger partial charge on any atom is 0.282 e. The first-order valence-corrected chi connectivity index (χ1v) is 7.29. The van der Waals surface area contributed by atoms with E-state index in [1.54, 1.807) is 18.2 Å². The van der Waals surface area contributed by atoms with Gasteiger partial charge < -0.3 is 11.5 Å². The zero-order chi connectivity index (χ0) is 14.8. The van der Waals surface area contributed by atoms with Crippen molar-refractivity contribution >= 4 is 23.4 Å². The number of benzene rings is 1. The molecule has 6 nitrogen and oxygen atoms in total. The Kier molecular flexibility index (Phi) is 4.29. The molecule has 1 amide bonds. The second-order valence-electron chi connectivity index (χ2n) is 5.08. The Bertz CT molecular complexity index is 537. The van der Waals surface area contributed by atoms with Crippen LogP contribution in [0.2, 0.25) is 0 Å². The van der Waals surface area contributed by atoms with E-state index >= 15 is 0 Å². The Labute approximate surface area is 121 Å². The number of thioether (sulfide) groups is 1. The number of carbonyl (C=O) groups is 1. The third kappa shape index (κ3) is 3.10. The molecular weight excluding hydrogens is 278 g/mol. The Morgan fingerprint density at radius 2 is 2.15 bits per heavy atom. The Morgan fingerprint density at radius 3 is 2.80 bits per heavy atom. The maximum atomic E-state index is 11.4. The van der Waals surface area contributed by atoms with E-state index in [4.69, 9.17) is 11.5 Å². The molecule has 1 aromatic rings. The summed E-state index contributed by atoms with van der Waals surface area (Å²) in [6.07, 6.45) is 2.72. The second kappa shape index (κ2) is 5.80. The number of carbonyl (C=O) groups excluding carboxylic acids is 1. The highest BCUT2D eigenvalue weighted by molar-refractivity contribution is 8.00. The molecule has 1 fully saturated rings. The smallest absolute Gasteiger partial charge is 0.282 e. The largest absolute Gasteiger partial charge is 0.368 e. The summed E-state index contributed by atoms with van der Waals surface area (Å²) in [5.74, 6) is -0.495. The van der Waals surface area contributed by atoms with Crippen molar-refractivity contribution in [2.45, 2.75) is 41.4 Å². The van der Waals surface area contributed by atoms with Gasteiger partial charge in [0.25, 0.3) is 5.69 Å². The highest BCUT2D eigenvalue weighted by atomic mass is 32.2. The highest BCUT2D eigenvalue weighted by Gasteiger charge is 2.38. The predicted octanol–water partition coefficient (Wildman–Crippen LogP) is 1.81. The number of nitrogens with zero attached hydrogens (tertiary/aromatic N) is 1. The molecular formula is C13H17N3O3S. The van der Waals surface area contributed by atoms with E-state index in [-0.39, 0.29) is 10.9 Å². The molecule has 1 aliphatic carbocycles. The summed E-state index contributed by atoms with van der Waals surface area (Å²) in [5, 5.41) is 11.1. The van der Waals surface area contributed by atoms with Crippen LogP contribution in [0.15, 0.2) is 29.2 Å². The molecule has 7 heteroatoms. The Morgan fingerprint density at radius 1 is 1.45 bits per heavy atom. The first kappa shape index (κ1) is 14.8. The molecule has 4 N–H and O–H groups in total. The standard InChI is InChI=1S/C13H17N3O3S/c14-12(17)13(15)7-3-4-9(8-13)20-11-6-2-1-5-10(11)16(18)19/h1-2,5-6,9H,3-4,7-8,15H2,(H2,14,17). The summed E-state index contributed by atoms with van der Waals surface area (Å²) >= 11 is 1.41. The third-order valence-electron chi connectivity index (χ3n) is 3.59. The molecule has 2 unspecified atom stereocenters. The fourth-order valence-electron chi connectivity index (χ4n) is 2.47. The molecule has 1 aromatic carbocycles. The lowest BCUT2D eigenvalue weighted by Gasteiger charge is -2.34. The minimum Gasteiger partial charge on any atom is -0.368 e. The van der Waals surface area contributed by atoms with Gasteiger partial charge in [-0.15, -0.1) is 11.8 Å². The Balaban J connectivity index is 2.14. The van der Waals surface area contributed by atoms with Crippen LogP contribution in [-0.4, -0.2) is 21.6 Å². The number of nitrogens with two attached hydrogens (primary N) is 2. The normalized spacial score (nSPS) is 26.1. The van der Waals surface area contributed by atoms with Crippen LogP contribution in [-0.2, 0) is 4.79 Å². The van der Waals surface area contributed by atoms with Gasteiger partial charge in [0.1, 0.15) is 0 Å². The van der Waals surface area contributed by atoms with Gasteiger partial charge in [0, 0.05) is 11.3 Å². The quantitative estimate of drug-likeness (QED) is 0.649. The van der Waals surface area contributed by atoms with Gasteiger partial charge in [0.15, 0.2) is 0 Å². The summed E-state index contributed by atoms with van der Waals surface area (Å²) in [7, 11) is 0. The maximum absolute atomic E-state index is 11.4. The van der Waals surface area contributed by atoms with Gasteiger partial charge in [-0.3, -0.25) is 14.9 Å². The van der Waals surface area contributed by atoms with E-state index in [1.807, 2.05) is 0 Å². The van der Waals surface area contributed by atoms with Gasteiger partial charge in [0.05, 0.1) is 15.4 Å². The molecule has 0 aliphatic heterocycles. The Hall–Kier alpha value is -1.60. The minimum absolute atomic E-state index is 0.0716. The van der Waals surface area contributed by atoms with Gasteiger partial charge in [-0.1, -0.05) is 12.1 Å². The molecule has 1 aliphatic rings. The average Bonchev–Trinajstić information content (AvgIpc) is 2.39. The van der Waals surface area contributed by atoms with Crippen molar-refractivity contribution in [2.75, 3.05) is 0 Å². The zero-order valence-electron chi connectivity index (χ0n) is 11.0. The van der Waals surface area contributed by atoms with Crippen LogP contribution in [0.1, 0.15) is 25.7 Å². The van der Waals surface area contributed by atoms with Gasteiger partial charge in [-0.2, -0.15) is 0 Å². The summed E-state index contributed by atoms with van der Waals surface area (Å²) in [6.45, 7) is 0. The van der Waals surface area contributed by atoms with Crippen molar-refractivity contribution in [3.8, 4) is 0 Å². The monoisotopic (exact) mass is 295 g/mol. The zero-order valence-corrected chi connectivity index (χ0v) is 11.8. The number of primary amides is 1.